The third-order valence-corrected chi connectivity index (χ3v) is 6.21. The van der Waals surface area contributed by atoms with Crippen LogP contribution in [-0.2, 0) is 6.54 Å². The van der Waals surface area contributed by atoms with Crippen LogP contribution in [0.3, 0.4) is 0 Å². The Bertz CT molecular complexity index is 1140. The quantitative estimate of drug-likeness (QED) is 0.437. The van der Waals surface area contributed by atoms with Crippen LogP contribution in [-0.4, -0.2) is 58.4 Å². The van der Waals surface area contributed by atoms with E-state index in [9.17, 15) is 0 Å². The molecule has 0 spiro atoms. The Morgan fingerprint density at radius 3 is 2.15 bits per heavy atom. The maximum absolute atomic E-state index is 5.29. The van der Waals surface area contributed by atoms with E-state index in [2.05, 4.69) is 92.1 Å². The van der Waals surface area contributed by atoms with Crippen LogP contribution in [0, 0.1) is 0 Å². The van der Waals surface area contributed by atoms with Gasteiger partial charge in [-0.15, -0.1) is 5.10 Å². The monoisotopic (exact) mass is 440 g/mol. The number of ether oxygens (including phenoxy) is 1. The van der Waals surface area contributed by atoms with Gasteiger partial charge < -0.3 is 9.64 Å². The lowest BCUT2D eigenvalue weighted by Gasteiger charge is -2.39. The Labute approximate surface area is 194 Å². The summed E-state index contributed by atoms with van der Waals surface area (Å²) in [5, 5.41) is 12.9. The fourth-order valence-corrected chi connectivity index (χ4v) is 4.46. The van der Waals surface area contributed by atoms with Crippen molar-refractivity contribution in [3.05, 3.63) is 102 Å². The van der Waals surface area contributed by atoms with E-state index in [0.717, 1.165) is 43.3 Å². The zero-order valence-corrected chi connectivity index (χ0v) is 18.8. The summed E-state index contributed by atoms with van der Waals surface area (Å²) in [6.45, 7) is 4.41. The molecule has 4 aromatic rings. The van der Waals surface area contributed by atoms with Crippen molar-refractivity contribution in [1.82, 2.24) is 25.1 Å². The van der Waals surface area contributed by atoms with Gasteiger partial charge in [0.05, 0.1) is 19.7 Å². The molecule has 0 radical (unpaired) electrons. The van der Waals surface area contributed by atoms with Crippen LogP contribution < -0.4 is 9.64 Å². The second kappa shape index (κ2) is 9.83. The van der Waals surface area contributed by atoms with Crippen LogP contribution in [0.1, 0.15) is 23.0 Å². The lowest BCUT2D eigenvalue weighted by Crippen LogP contribution is -2.48. The second-order valence-electron chi connectivity index (χ2n) is 8.21. The topological polar surface area (TPSA) is 59.3 Å². The van der Waals surface area contributed by atoms with E-state index >= 15 is 0 Å². The normalized spacial score (nSPS) is 15.4. The molecular weight excluding hydrogens is 412 g/mol. The van der Waals surface area contributed by atoms with E-state index in [0.29, 0.717) is 6.54 Å². The lowest BCUT2D eigenvalue weighted by molar-refractivity contribution is 0.201. The molecular formula is C26H28N6O. The molecule has 0 amide bonds. The highest BCUT2D eigenvalue weighted by Gasteiger charge is 2.30. The first kappa shape index (κ1) is 21.2. The molecule has 0 unspecified atom stereocenters. The van der Waals surface area contributed by atoms with Crippen molar-refractivity contribution >= 4 is 5.69 Å². The Morgan fingerprint density at radius 2 is 1.48 bits per heavy atom. The molecule has 0 bridgehead atoms. The molecule has 0 aliphatic carbocycles. The lowest BCUT2D eigenvalue weighted by atomic mass is 10.0. The van der Waals surface area contributed by atoms with E-state index in [4.69, 9.17) is 4.74 Å². The zero-order chi connectivity index (χ0) is 22.5. The van der Waals surface area contributed by atoms with Crippen molar-refractivity contribution in [2.75, 3.05) is 38.2 Å². The van der Waals surface area contributed by atoms with E-state index in [1.54, 1.807) is 7.11 Å². The van der Waals surface area contributed by atoms with Gasteiger partial charge in [0.25, 0.3) is 0 Å². The summed E-state index contributed by atoms with van der Waals surface area (Å²) in [7, 11) is 1.68. The van der Waals surface area contributed by atoms with Crippen LogP contribution in [0.4, 0.5) is 5.69 Å². The number of anilines is 1. The van der Waals surface area contributed by atoms with Gasteiger partial charge in [0.1, 0.15) is 5.75 Å². The number of piperazine rings is 1. The number of methoxy groups -OCH3 is 1. The molecule has 1 fully saturated rings. The number of benzene rings is 3. The third kappa shape index (κ3) is 4.73. The second-order valence-corrected chi connectivity index (χ2v) is 8.21. The van der Waals surface area contributed by atoms with Crippen LogP contribution in [0.2, 0.25) is 0 Å². The van der Waals surface area contributed by atoms with Crippen LogP contribution in [0.15, 0.2) is 84.9 Å². The standard InChI is InChI=1S/C26H28N6O/c1-33-24-14-12-21(13-15-24)20-32-26(27-28-29-32)25(22-8-4-2-5-9-22)31-18-16-30(17-19-31)23-10-6-3-7-11-23/h2-15,25H,16-20H2,1H3/t25-/m1/s1. The predicted octanol–water partition coefficient (Wildman–Crippen LogP) is 3.64. The van der Waals surface area contributed by atoms with E-state index < -0.39 is 0 Å². The fourth-order valence-electron chi connectivity index (χ4n) is 4.46. The van der Waals surface area contributed by atoms with Crippen LogP contribution in [0.25, 0.3) is 0 Å². The van der Waals surface area contributed by atoms with Crippen LogP contribution >= 0.6 is 0 Å². The SMILES string of the molecule is COc1ccc(Cn2nnnc2[C@@H](c2ccccc2)N2CCN(c3ccccc3)CC2)cc1. The molecule has 2 heterocycles. The first-order valence-corrected chi connectivity index (χ1v) is 11.3. The van der Waals surface area contributed by atoms with E-state index in [1.165, 1.54) is 11.3 Å². The molecule has 1 aliphatic rings. The largest absolute Gasteiger partial charge is 0.497 e. The highest BCUT2D eigenvalue weighted by atomic mass is 16.5. The minimum Gasteiger partial charge on any atom is -0.497 e. The van der Waals surface area contributed by atoms with Gasteiger partial charge >= 0.3 is 0 Å². The first-order chi connectivity index (χ1) is 16.3. The highest BCUT2D eigenvalue weighted by molar-refractivity contribution is 5.46. The smallest absolute Gasteiger partial charge is 0.173 e. The summed E-state index contributed by atoms with van der Waals surface area (Å²) in [4.78, 5) is 4.93. The molecule has 0 saturated carbocycles. The van der Waals surface area contributed by atoms with Gasteiger partial charge in [0.15, 0.2) is 5.82 Å². The molecule has 0 N–H and O–H groups in total. The van der Waals surface area contributed by atoms with Crippen molar-refractivity contribution in [2.45, 2.75) is 12.6 Å². The molecule has 33 heavy (non-hydrogen) atoms. The van der Waals surface area contributed by atoms with Crippen LogP contribution in [0.5, 0.6) is 5.75 Å². The summed E-state index contributed by atoms with van der Waals surface area (Å²) in [5.74, 6) is 1.71. The maximum Gasteiger partial charge on any atom is 0.173 e. The van der Waals surface area contributed by atoms with Crippen molar-refractivity contribution in [3.8, 4) is 5.75 Å². The molecule has 7 heteroatoms. The zero-order valence-electron chi connectivity index (χ0n) is 18.8. The molecule has 1 aliphatic heterocycles. The number of rotatable bonds is 7. The van der Waals surface area contributed by atoms with Crippen molar-refractivity contribution < 1.29 is 4.74 Å². The number of aromatic nitrogens is 4. The summed E-state index contributed by atoms with van der Waals surface area (Å²) >= 11 is 0. The van der Waals surface area contributed by atoms with Gasteiger partial charge in [-0.3, -0.25) is 4.90 Å². The van der Waals surface area contributed by atoms with Gasteiger partial charge in [0, 0.05) is 31.9 Å². The van der Waals surface area contributed by atoms with Gasteiger partial charge in [0.2, 0.25) is 0 Å². The number of nitrogens with zero attached hydrogens (tertiary/aromatic N) is 6. The summed E-state index contributed by atoms with van der Waals surface area (Å²) in [6, 6.07) is 29.2. The molecule has 168 valence electrons. The van der Waals surface area contributed by atoms with Gasteiger partial charge in [-0.25, -0.2) is 4.68 Å². The fraction of sp³-hybridized carbons (Fsp3) is 0.269. The Hall–Kier alpha value is -3.71. The summed E-state index contributed by atoms with van der Waals surface area (Å²) in [5.41, 5.74) is 3.61. The van der Waals surface area contributed by atoms with Gasteiger partial charge in [-0.05, 0) is 45.8 Å². The number of tetrazole rings is 1. The minimum atomic E-state index is -0.00243. The predicted molar refractivity (Wildman–Crippen MR) is 128 cm³/mol. The van der Waals surface area contributed by atoms with E-state index in [-0.39, 0.29) is 6.04 Å². The Kier molecular flexibility index (Phi) is 6.30. The molecule has 7 nitrogen and oxygen atoms in total. The molecule has 1 atom stereocenters. The minimum absolute atomic E-state index is 0.00243. The average Bonchev–Trinajstić information content (AvgIpc) is 3.34. The first-order valence-electron chi connectivity index (χ1n) is 11.3. The number of para-hydroxylation sites is 1. The van der Waals surface area contributed by atoms with Gasteiger partial charge in [-0.2, -0.15) is 0 Å². The highest BCUT2D eigenvalue weighted by Crippen LogP contribution is 2.29. The van der Waals surface area contributed by atoms with Crippen molar-refractivity contribution in [2.24, 2.45) is 0 Å². The Morgan fingerprint density at radius 1 is 0.818 bits per heavy atom. The maximum atomic E-state index is 5.29. The number of hydrogen-bond donors (Lipinski definition) is 0. The molecule has 3 aromatic carbocycles. The average molecular weight is 441 g/mol. The third-order valence-electron chi connectivity index (χ3n) is 6.21. The summed E-state index contributed by atoms with van der Waals surface area (Å²) < 4.78 is 7.21. The molecule has 1 saturated heterocycles. The Balaban J connectivity index is 1.40. The van der Waals surface area contributed by atoms with Crippen molar-refractivity contribution in [1.29, 1.82) is 0 Å². The molecule has 1 aromatic heterocycles. The number of hydrogen-bond acceptors (Lipinski definition) is 6. The summed E-state index contributed by atoms with van der Waals surface area (Å²) in [6.07, 6.45) is 0. The van der Waals surface area contributed by atoms with Gasteiger partial charge in [-0.1, -0.05) is 60.7 Å². The van der Waals surface area contributed by atoms with Crippen molar-refractivity contribution in [3.63, 3.8) is 0 Å². The van der Waals surface area contributed by atoms with E-state index in [1.807, 2.05) is 22.9 Å². The molecule has 5 rings (SSSR count).